The third-order valence-corrected chi connectivity index (χ3v) is 3.76. The Kier molecular flexibility index (Phi) is 4.30. The fourth-order valence-electron chi connectivity index (χ4n) is 2.66. The van der Waals surface area contributed by atoms with E-state index in [-0.39, 0.29) is 0 Å². The summed E-state index contributed by atoms with van der Waals surface area (Å²) in [5, 5.41) is 0.866. The Balaban J connectivity index is 2.28. The van der Waals surface area contributed by atoms with Crippen LogP contribution in [0.1, 0.15) is 25.3 Å². The van der Waals surface area contributed by atoms with Crippen molar-refractivity contribution in [3.8, 4) is 0 Å². The molecule has 3 heteroatoms. The molecule has 1 heterocycles. The standard InChI is InChI=1S/C14H21ClN2/c1-11-4-3-9-17(10-11)14-12(7-8-16)5-2-6-13(14)15/h2,5-6,11H,3-4,7-10,16H2,1H3. The number of para-hydroxylation sites is 1. The smallest absolute Gasteiger partial charge is 0.0642 e. The molecule has 0 saturated carbocycles. The van der Waals surface area contributed by atoms with Crippen LogP contribution in [-0.4, -0.2) is 19.6 Å². The van der Waals surface area contributed by atoms with Crippen LogP contribution < -0.4 is 10.6 Å². The Morgan fingerprint density at radius 2 is 2.29 bits per heavy atom. The van der Waals surface area contributed by atoms with Gasteiger partial charge in [0.1, 0.15) is 0 Å². The third kappa shape index (κ3) is 2.93. The molecule has 2 rings (SSSR count). The first-order chi connectivity index (χ1) is 8.22. The molecule has 1 saturated heterocycles. The molecule has 1 fully saturated rings. The predicted molar refractivity (Wildman–Crippen MR) is 74.8 cm³/mol. The molecular formula is C14H21ClN2. The van der Waals surface area contributed by atoms with Crippen LogP contribution >= 0.6 is 11.6 Å². The van der Waals surface area contributed by atoms with Crippen molar-refractivity contribution in [2.75, 3.05) is 24.5 Å². The Labute approximate surface area is 109 Å². The van der Waals surface area contributed by atoms with Gasteiger partial charge in [-0.25, -0.2) is 0 Å². The highest BCUT2D eigenvalue weighted by Crippen LogP contribution is 2.33. The van der Waals surface area contributed by atoms with Crippen molar-refractivity contribution < 1.29 is 0 Å². The van der Waals surface area contributed by atoms with E-state index < -0.39 is 0 Å². The zero-order valence-corrected chi connectivity index (χ0v) is 11.2. The van der Waals surface area contributed by atoms with Crippen molar-refractivity contribution >= 4 is 17.3 Å². The fraction of sp³-hybridized carbons (Fsp3) is 0.571. The minimum atomic E-state index is 0.677. The maximum absolute atomic E-state index is 6.36. The van der Waals surface area contributed by atoms with E-state index in [2.05, 4.69) is 17.9 Å². The molecule has 0 radical (unpaired) electrons. The Morgan fingerprint density at radius 3 is 3.00 bits per heavy atom. The molecule has 1 aromatic carbocycles. The largest absolute Gasteiger partial charge is 0.370 e. The van der Waals surface area contributed by atoms with Crippen molar-refractivity contribution in [2.45, 2.75) is 26.2 Å². The molecule has 1 atom stereocenters. The first kappa shape index (κ1) is 12.7. The Morgan fingerprint density at radius 1 is 1.47 bits per heavy atom. The lowest BCUT2D eigenvalue weighted by Crippen LogP contribution is -2.35. The van der Waals surface area contributed by atoms with Gasteiger partial charge in [-0.2, -0.15) is 0 Å². The number of benzene rings is 1. The number of hydrogen-bond donors (Lipinski definition) is 1. The fourth-order valence-corrected chi connectivity index (χ4v) is 2.98. The van der Waals surface area contributed by atoms with Gasteiger partial charge in [0.2, 0.25) is 0 Å². The van der Waals surface area contributed by atoms with Gasteiger partial charge in [0.25, 0.3) is 0 Å². The monoisotopic (exact) mass is 252 g/mol. The minimum absolute atomic E-state index is 0.677. The molecule has 17 heavy (non-hydrogen) atoms. The second-order valence-corrected chi connectivity index (χ2v) is 5.39. The summed E-state index contributed by atoms with van der Waals surface area (Å²) in [7, 11) is 0. The molecule has 94 valence electrons. The van der Waals surface area contributed by atoms with E-state index in [9.17, 15) is 0 Å². The summed E-state index contributed by atoms with van der Waals surface area (Å²) < 4.78 is 0. The summed E-state index contributed by atoms with van der Waals surface area (Å²) in [6.07, 6.45) is 3.49. The van der Waals surface area contributed by atoms with Gasteiger partial charge >= 0.3 is 0 Å². The van der Waals surface area contributed by atoms with E-state index >= 15 is 0 Å². The summed E-state index contributed by atoms with van der Waals surface area (Å²) in [6.45, 7) is 5.22. The number of hydrogen-bond acceptors (Lipinski definition) is 2. The zero-order valence-electron chi connectivity index (χ0n) is 10.5. The van der Waals surface area contributed by atoms with Crippen molar-refractivity contribution in [3.63, 3.8) is 0 Å². The summed E-state index contributed by atoms with van der Waals surface area (Å²) in [5.41, 5.74) is 8.17. The van der Waals surface area contributed by atoms with Gasteiger partial charge in [-0.3, -0.25) is 0 Å². The summed E-state index contributed by atoms with van der Waals surface area (Å²) in [4.78, 5) is 2.43. The molecule has 0 aliphatic carbocycles. The second kappa shape index (κ2) is 5.74. The molecular weight excluding hydrogens is 232 g/mol. The summed E-state index contributed by atoms with van der Waals surface area (Å²) in [5.74, 6) is 0.755. The van der Waals surface area contributed by atoms with Gasteiger partial charge in [0.05, 0.1) is 10.7 Å². The second-order valence-electron chi connectivity index (χ2n) is 4.98. The highest BCUT2D eigenvalue weighted by Gasteiger charge is 2.20. The SMILES string of the molecule is CC1CCCN(c2c(Cl)cccc2CCN)C1. The van der Waals surface area contributed by atoms with Crippen LogP contribution in [0.3, 0.4) is 0 Å². The maximum atomic E-state index is 6.36. The van der Waals surface area contributed by atoms with E-state index in [0.29, 0.717) is 6.54 Å². The molecule has 0 spiro atoms. The van der Waals surface area contributed by atoms with Crippen LogP contribution in [0.25, 0.3) is 0 Å². The van der Waals surface area contributed by atoms with Crippen LogP contribution in [0.5, 0.6) is 0 Å². The van der Waals surface area contributed by atoms with Gasteiger partial charge < -0.3 is 10.6 Å². The van der Waals surface area contributed by atoms with Crippen molar-refractivity contribution in [2.24, 2.45) is 11.7 Å². The number of halogens is 1. The lowest BCUT2D eigenvalue weighted by Gasteiger charge is -2.34. The quantitative estimate of drug-likeness (QED) is 0.896. The van der Waals surface area contributed by atoms with Crippen molar-refractivity contribution in [1.82, 2.24) is 0 Å². The van der Waals surface area contributed by atoms with Crippen LogP contribution in [0.4, 0.5) is 5.69 Å². The van der Waals surface area contributed by atoms with E-state index in [4.69, 9.17) is 17.3 Å². The van der Waals surface area contributed by atoms with Gasteiger partial charge in [-0.1, -0.05) is 30.7 Å². The third-order valence-electron chi connectivity index (χ3n) is 3.46. The number of nitrogens with two attached hydrogens (primary N) is 1. The Hall–Kier alpha value is -0.730. The highest BCUT2D eigenvalue weighted by molar-refractivity contribution is 6.33. The van der Waals surface area contributed by atoms with Crippen LogP contribution in [-0.2, 0) is 6.42 Å². The molecule has 2 nitrogen and oxygen atoms in total. The lowest BCUT2D eigenvalue weighted by molar-refractivity contribution is 0.446. The van der Waals surface area contributed by atoms with E-state index in [0.717, 1.165) is 30.5 Å². The predicted octanol–water partition coefficient (Wildman–Crippen LogP) is 3.08. The average Bonchev–Trinajstić information content (AvgIpc) is 2.29. The van der Waals surface area contributed by atoms with E-state index in [1.165, 1.54) is 24.1 Å². The molecule has 0 aromatic heterocycles. The van der Waals surface area contributed by atoms with Crippen molar-refractivity contribution in [3.05, 3.63) is 28.8 Å². The summed E-state index contributed by atoms with van der Waals surface area (Å²) >= 11 is 6.36. The van der Waals surface area contributed by atoms with Crippen LogP contribution in [0.2, 0.25) is 5.02 Å². The lowest BCUT2D eigenvalue weighted by atomic mass is 9.98. The molecule has 1 aliphatic rings. The topological polar surface area (TPSA) is 29.3 Å². The number of piperidine rings is 1. The van der Waals surface area contributed by atoms with Crippen LogP contribution in [0.15, 0.2) is 18.2 Å². The molecule has 1 aliphatic heterocycles. The molecule has 0 amide bonds. The molecule has 1 aromatic rings. The van der Waals surface area contributed by atoms with Gasteiger partial charge in [0.15, 0.2) is 0 Å². The first-order valence-corrected chi connectivity index (χ1v) is 6.82. The Bertz CT molecular complexity index is 378. The average molecular weight is 253 g/mol. The molecule has 2 N–H and O–H groups in total. The van der Waals surface area contributed by atoms with Crippen molar-refractivity contribution in [1.29, 1.82) is 0 Å². The highest BCUT2D eigenvalue weighted by atomic mass is 35.5. The number of rotatable bonds is 3. The molecule has 1 unspecified atom stereocenters. The number of anilines is 1. The maximum Gasteiger partial charge on any atom is 0.0642 e. The summed E-state index contributed by atoms with van der Waals surface area (Å²) in [6, 6.07) is 6.15. The van der Waals surface area contributed by atoms with Crippen LogP contribution in [0, 0.1) is 5.92 Å². The number of nitrogens with zero attached hydrogens (tertiary/aromatic N) is 1. The normalized spacial score (nSPS) is 20.6. The van der Waals surface area contributed by atoms with E-state index in [1.807, 2.05) is 12.1 Å². The van der Waals surface area contributed by atoms with E-state index in [1.54, 1.807) is 0 Å². The zero-order chi connectivity index (χ0) is 12.3. The van der Waals surface area contributed by atoms with Gasteiger partial charge in [-0.15, -0.1) is 0 Å². The minimum Gasteiger partial charge on any atom is -0.370 e. The van der Waals surface area contributed by atoms with Gasteiger partial charge in [-0.05, 0) is 43.4 Å². The van der Waals surface area contributed by atoms with Gasteiger partial charge in [0, 0.05) is 13.1 Å². The first-order valence-electron chi connectivity index (χ1n) is 6.44. The molecule has 0 bridgehead atoms.